The molecule has 18 heavy (non-hydrogen) atoms. The Hall–Kier alpha value is -0.820. The average molecular weight is 243 g/mol. The number of rotatable bonds is 3. The summed E-state index contributed by atoms with van der Waals surface area (Å²) in [6.07, 6.45) is 5.43. The Morgan fingerprint density at radius 2 is 1.94 bits per heavy atom. The van der Waals surface area contributed by atoms with Gasteiger partial charge < -0.3 is 5.32 Å². The molecular formula is C17H25N. The molecule has 0 radical (unpaired) electrons. The maximum Gasteiger partial charge on any atom is 0.00700 e. The van der Waals surface area contributed by atoms with Gasteiger partial charge in [0.1, 0.15) is 0 Å². The normalized spacial score (nSPS) is 34.8. The Balaban J connectivity index is 1.49. The number of hydrogen-bond acceptors (Lipinski definition) is 1. The Bertz CT molecular complexity index is 412. The number of fused-ring (bicyclic) bond motifs is 1. The minimum Gasteiger partial charge on any atom is -0.313 e. The van der Waals surface area contributed by atoms with E-state index in [2.05, 4.69) is 43.4 Å². The van der Waals surface area contributed by atoms with Gasteiger partial charge in [0.25, 0.3) is 0 Å². The summed E-state index contributed by atoms with van der Waals surface area (Å²) in [7, 11) is 0. The van der Waals surface area contributed by atoms with Crippen LogP contribution in [-0.4, -0.2) is 12.6 Å². The van der Waals surface area contributed by atoms with E-state index >= 15 is 0 Å². The maximum absolute atomic E-state index is 3.82. The molecule has 1 heteroatoms. The molecule has 1 nitrogen and oxygen atoms in total. The van der Waals surface area contributed by atoms with Crippen LogP contribution in [0.2, 0.25) is 0 Å². The third-order valence-electron chi connectivity index (χ3n) is 5.21. The van der Waals surface area contributed by atoms with Crippen molar-refractivity contribution in [3.63, 3.8) is 0 Å². The molecule has 2 aliphatic rings. The zero-order valence-electron chi connectivity index (χ0n) is 11.7. The summed E-state index contributed by atoms with van der Waals surface area (Å²) < 4.78 is 0. The fourth-order valence-corrected chi connectivity index (χ4v) is 3.59. The van der Waals surface area contributed by atoms with Crippen LogP contribution in [0.4, 0.5) is 0 Å². The van der Waals surface area contributed by atoms with Gasteiger partial charge in [-0.05, 0) is 48.6 Å². The van der Waals surface area contributed by atoms with Crippen LogP contribution in [0.3, 0.4) is 0 Å². The lowest BCUT2D eigenvalue weighted by Gasteiger charge is -2.36. The molecule has 0 saturated heterocycles. The largest absolute Gasteiger partial charge is 0.313 e. The fourth-order valence-electron chi connectivity index (χ4n) is 3.59. The van der Waals surface area contributed by atoms with Gasteiger partial charge in [0, 0.05) is 18.5 Å². The van der Waals surface area contributed by atoms with E-state index < -0.39 is 0 Å². The fraction of sp³-hybridized carbons (Fsp3) is 0.647. The van der Waals surface area contributed by atoms with E-state index in [-0.39, 0.29) is 0 Å². The van der Waals surface area contributed by atoms with E-state index in [1.54, 1.807) is 11.1 Å². The molecule has 98 valence electrons. The lowest BCUT2D eigenvalue weighted by molar-refractivity contribution is 0.223. The van der Waals surface area contributed by atoms with Gasteiger partial charge in [-0.3, -0.25) is 0 Å². The zero-order valence-corrected chi connectivity index (χ0v) is 11.7. The van der Waals surface area contributed by atoms with Crippen molar-refractivity contribution in [3.05, 3.63) is 35.4 Å². The van der Waals surface area contributed by atoms with E-state index in [1.165, 1.54) is 32.2 Å². The SMILES string of the molecule is CC1CCC(NCC2Cc3ccccc32)CC1C. The van der Waals surface area contributed by atoms with Crippen LogP contribution < -0.4 is 5.32 Å². The predicted octanol–water partition coefficient (Wildman–Crippen LogP) is 3.74. The number of benzene rings is 1. The van der Waals surface area contributed by atoms with Gasteiger partial charge in [0.05, 0.1) is 0 Å². The Morgan fingerprint density at radius 1 is 1.11 bits per heavy atom. The topological polar surface area (TPSA) is 12.0 Å². The van der Waals surface area contributed by atoms with Crippen LogP contribution in [0.1, 0.15) is 50.2 Å². The third-order valence-corrected chi connectivity index (χ3v) is 5.21. The molecule has 1 N–H and O–H groups in total. The Labute approximate surface area is 111 Å². The highest BCUT2D eigenvalue weighted by molar-refractivity contribution is 5.40. The van der Waals surface area contributed by atoms with Crippen molar-refractivity contribution in [2.45, 2.75) is 51.5 Å². The molecule has 0 bridgehead atoms. The molecule has 0 amide bonds. The molecule has 1 aromatic carbocycles. The van der Waals surface area contributed by atoms with Gasteiger partial charge in [0.2, 0.25) is 0 Å². The van der Waals surface area contributed by atoms with Crippen molar-refractivity contribution in [1.82, 2.24) is 5.32 Å². The lowest BCUT2D eigenvalue weighted by atomic mass is 9.76. The minimum absolute atomic E-state index is 0.768. The molecule has 0 heterocycles. The summed E-state index contributed by atoms with van der Waals surface area (Å²) in [4.78, 5) is 0. The zero-order chi connectivity index (χ0) is 12.5. The lowest BCUT2D eigenvalue weighted by Crippen LogP contribution is -2.40. The quantitative estimate of drug-likeness (QED) is 0.852. The van der Waals surface area contributed by atoms with Gasteiger partial charge in [0.15, 0.2) is 0 Å². The van der Waals surface area contributed by atoms with Crippen molar-refractivity contribution >= 4 is 0 Å². The highest BCUT2D eigenvalue weighted by Gasteiger charge is 2.28. The molecule has 4 unspecified atom stereocenters. The van der Waals surface area contributed by atoms with Crippen LogP contribution in [0.25, 0.3) is 0 Å². The van der Waals surface area contributed by atoms with Crippen molar-refractivity contribution in [1.29, 1.82) is 0 Å². The van der Waals surface area contributed by atoms with Gasteiger partial charge in [-0.1, -0.05) is 38.1 Å². The van der Waals surface area contributed by atoms with Gasteiger partial charge >= 0.3 is 0 Å². The minimum atomic E-state index is 0.768. The van der Waals surface area contributed by atoms with E-state index in [1.807, 2.05) is 0 Å². The van der Waals surface area contributed by atoms with E-state index in [0.29, 0.717) is 0 Å². The first-order valence-corrected chi connectivity index (χ1v) is 7.55. The van der Waals surface area contributed by atoms with Crippen molar-refractivity contribution in [2.24, 2.45) is 11.8 Å². The monoisotopic (exact) mass is 243 g/mol. The van der Waals surface area contributed by atoms with Crippen molar-refractivity contribution in [2.75, 3.05) is 6.54 Å². The number of hydrogen-bond donors (Lipinski definition) is 1. The predicted molar refractivity (Wildman–Crippen MR) is 76.9 cm³/mol. The smallest absolute Gasteiger partial charge is 0.00700 e. The van der Waals surface area contributed by atoms with Crippen molar-refractivity contribution < 1.29 is 0 Å². The molecule has 1 saturated carbocycles. The van der Waals surface area contributed by atoms with E-state index in [4.69, 9.17) is 0 Å². The highest BCUT2D eigenvalue weighted by atomic mass is 14.9. The van der Waals surface area contributed by atoms with E-state index in [0.717, 1.165) is 23.8 Å². The summed E-state index contributed by atoms with van der Waals surface area (Å²) in [6.45, 7) is 6.00. The third kappa shape index (κ3) is 2.33. The maximum atomic E-state index is 3.82. The van der Waals surface area contributed by atoms with Gasteiger partial charge in [-0.25, -0.2) is 0 Å². The Morgan fingerprint density at radius 3 is 2.72 bits per heavy atom. The molecular weight excluding hydrogens is 218 g/mol. The molecule has 4 atom stereocenters. The summed E-state index contributed by atoms with van der Waals surface area (Å²) in [5, 5.41) is 3.82. The highest BCUT2D eigenvalue weighted by Crippen LogP contribution is 2.35. The molecule has 1 aromatic rings. The van der Waals surface area contributed by atoms with Gasteiger partial charge in [-0.15, -0.1) is 0 Å². The molecule has 3 rings (SSSR count). The van der Waals surface area contributed by atoms with Crippen LogP contribution in [0.5, 0.6) is 0 Å². The first-order valence-electron chi connectivity index (χ1n) is 7.55. The first-order chi connectivity index (χ1) is 8.74. The molecule has 0 aliphatic heterocycles. The second kappa shape index (κ2) is 5.05. The Kier molecular flexibility index (Phi) is 3.43. The van der Waals surface area contributed by atoms with Gasteiger partial charge in [-0.2, -0.15) is 0 Å². The first kappa shape index (κ1) is 12.2. The van der Waals surface area contributed by atoms with Crippen LogP contribution in [0, 0.1) is 11.8 Å². The molecule has 0 aromatic heterocycles. The summed E-state index contributed by atoms with van der Waals surface area (Å²) >= 11 is 0. The average Bonchev–Trinajstić information content (AvgIpc) is 2.35. The molecule has 0 spiro atoms. The summed E-state index contributed by atoms with van der Waals surface area (Å²) in [6, 6.07) is 9.68. The van der Waals surface area contributed by atoms with Crippen LogP contribution in [-0.2, 0) is 6.42 Å². The van der Waals surface area contributed by atoms with E-state index in [9.17, 15) is 0 Å². The molecule has 2 aliphatic carbocycles. The van der Waals surface area contributed by atoms with Crippen LogP contribution in [0.15, 0.2) is 24.3 Å². The van der Waals surface area contributed by atoms with Crippen molar-refractivity contribution in [3.8, 4) is 0 Å². The number of nitrogens with one attached hydrogen (secondary N) is 1. The standard InChI is InChI=1S/C17H25N/c1-12-7-8-16(9-13(12)2)18-11-15-10-14-5-3-4-6-17(14)15/h3-6,12-13,15-16,18H,7-11H2,1-2H3. The van der Waals surface area contributed by atoms with Crippen LogP contribution >= 0.6 is 0 Å². The summed E-state index contributed by atoms with van der Waals surface area (Å²) in [5.41, 5.74) is 3.15. The molecule has 1 fully saturated rings. The summed E-state index contributed by atoms with van der Waals surface area (Å²) in [5.74, 6) is 2.59. The second-order valence-corrected chi connectivity index (χ2v) is 6.47. The second-order valence-electron chi connectivity index (χ2n) is 6.47.